The molecule has 7 rings (SSSR count). The zero-order valence-electron chi connectivity index (χ0n) is 21.8. The number of aromatic hydroxyl groups is 1. The van der Waals surface area contributed by atoms with Crippen molar-refractivity contribution in [2.24, 2.45) is 29.1 Å². The van der Waals surface area contributed by atoms with Gasteiger partial charge in [-0.3, -0.25) is 24.4 Å². The van der Waals surface area contributed by atoms with Crippen molar-refractivity contribution in [3.05, 3.63) is 82.6 Å². The summed E-state index contributed by atoms with van der Waals surface area (Å²) in [6.07, 6.45) is 2.08. The van der Waals surface area contributed by atoms with Crippen molar-refractivity contribution in [3.63, 3.8) is 0 Å². The van der Waals surface area contributed by atoms with E-state index in [1.165, 1.54) is 12.1 Å². The molecular weight excluding hydrogens is 551 g/mol. The van der Waals surface area contributed by atoms with E-state index in [2.05, 4.69) is 0 Å². The maximum absolute atomic E-state index is 14.5. The van der Waals surface area contributed by atoms with Crippen LogP contribution < -0.4 is 4.90 Å². The van der Waals surface area contributed by atoms with Gasteiger partial charge in [0.05, 0.1) is 33.9 Å². The number of phenolic OH excluding ortho intramolecular Hbond substituents is 1. The summed E-state index contributed by atoms with van der Waals surface area (Å²) in [5, 5.41) is 23.0. The molecule has 4 amide bonds. The highest BCUT2D eigenvalue weighted by atomic mass is 35.5. The Morgan fingerprint density at radius 1 is 0.976 bits per heavy atom. The predicted molar refractivity (Wildman–Crippen MR) is 145 cm³/mol. The minimum atomic E-state index is -1.40. The van der Waals surface area contributed by atoms with Gasteiger partial charge in [-0.1, -0.05) is 53.6 Å². The monoisotopic (exact) mass is 574 g/mol. The number of hydrogen-bond donors (Lipinski definition) is 2. The van der Waals surface area contributed by atoms with Crippen molar-refractivity contribution in [3.8, 4) is 5.75 Å². The maximum atomic E-state index is 14.5. The fourth-order valence-corrected chi connectivity index (χ4v) is 7.94. The second-order valence-electron chi connectivity index (χ2n) is 11.5. The third-order valence-electron chi connectivity index (χ3n) is 9.65. The van der Waals surface area contributed by atoms with Crippen molar-refractivity contribution in [2.75, 3.05) is 4.90 Å². The third kappa shape index (κ3) is 3.30. The average Bonchev–Trinajstić information content (AvgIpc) is 3.30. The molecule has 0 bridgehead atoms. The Bertz CT molecular complexity index is 1760. The van der Waals surface area contributed by atoms with Crippen LogP contribution in [0.25, 0.3) is 10.8 Å². The van der Waals surface area contributed by atoms with E-state index in [4.69, 9.17) is 11.6 Å². The number of amides is 4. The fraction of sp³-hybridized carbons (Fsp3) is 0.290. The molecule has 10 heteroatoms. The molecule has 208 valence electrons. The van der Waals surface area contributed by atoms with Gasteiger partial charge in [-0.25, -0.2) is 9.29 Å². The number of benzene rings is 3. The topological polar surface area (TPSA) is 115 Å². The molecule has 3 aromatic carbocycles. The second kappa shape index (κ2) is 8.71. The number of anilines is 1. The van der Waals surface area contributed by atoms with E-state index in [1.54, 1.807) is 19.1 Å². The lowest BCUT2D eigenvalue weighted by Crippen LogP contribution is -2.48. The molecule has 2 N–H and O–H groups in total. The Morgan fingerprint density at radius 2 is 1.73 bits per heavy atom. The summed E-state index contributed by atoms with van der Waals surface area (Å²) in [5.74, 6) is -7.39. The van der Waals surface area contributed by atoms with Crippen LogP contribution in [-0.4, -0.2) is 39.0 Å². The molecule has 6 unspecified atom stereocenters. The van der Waals surface area contributed by atoms with E-state index < -0.39 is 64.5 Å². The standard InChI is InChI=1S/C31H24ClFN2O6/c1-31-20(28(38)34(30(31)40)15-7-10-22(33)21(32)12-15)13-19-17(8-9-18-24(19)29(39)35(41)27(18)37)26(31)25-16-5-3-2-4-14(16)6-11-23(25)36/h2-8,10-12,18-20,24,26,36,41H,9,13H2,1H3. The molecule has 41 heavy (non-hydrogen) atoms. The number of carbonyl (C=O) groups is 4. The highest BCUT2D eigenvalue weighted by Crippen LogP contribution is 2.65. The number of hydrogen-bond acceptors (Lipinski definition) is 6. The van der Waals surface area contributed by atoms with Crippen LogP contribution in [0.3, 0.4) is 0 Å². The number of imide groups is 2. The first-order chi connectivity index (χ1) is 19.6. The normalized spacial score (nSPS) is 30.9. The first-order valence-corrected chi connectivity index (χ1v) is 13.7. The molecule has 2 saturated heterocycles. The summed E-state index contributed by atoms with van der Waals surface area (Å²) in [6.45, 7) is 1.69. The van der Waals surface area contributed by atoms with Crippen molar-refractivity contribution in [1.82, 2.24) is 5.06 Å². The van der Waals surface area contributed by atoms with Crippen LogP contribution in [0.15, 0.2) is 66.2 Å². The molecule has 2 aliphatic carbocycles. The molecule has 0 spiro atoms. The first kappa shape index (κ1) is 25.9. The number of halogens is 2. The van der Waals surface area contributed by atoms with Gasteiger partial charge in [-0.05, 0) is 60.7 Å². The number of fused-ring (bicyclic) bond motifs is 5. The number of phenols is 1. The van der Waals surface area contributed by atoms with Crippen LogP contribution in [0, 0.1) is 34.9 Å². The zero-order chi connectivity index (χ0) is 29.0. The van der Waals surface area contributed by atoms with Gasteiger partial charge in [-0.15, -0.1) is 0 Å². The molecule has 6 atom stereocenters. The predicted octanol–water partition coefficient (Wildman–Crippen LogP) is 4.96. The van der Waals surface area contributed by atoms with Crippen molar-refractivity contribution < 1.29 is 33.9 Å². The molecular formula is C31H24ClFN2O6. The van der Waals surface area contributed by atoms with Gasteiger partial charge in [0.1, 0.15) is 11.6 Å². The van der Waals surface area contributed by atoms with Crippen LogP contribution in [0.5, 0.6) is 5.75 Å². The van der Waals surface area contributed by atoms with Crippen molar-refractivity contribution in [2.45, 2.75) is 25.7 Å². The van der Waals surface area contributed by atoms with E-state index in [1.807, 2.05) is 30.3 Å². The quantitative estimate of drug-likeness (QED) is 0.254. The Hall–Kier alpha value is -4.08. The second-order valence-corrected chi connectivity index (χ2v) is 11.9. The molecule has 1 saturated carbocycles. The summed E-state index contributed by atoms with van der Waals surface area (Å²) in [6, 6.07) is 14.3. The smallest absolute Gasteiger partial charge is 0.257 e. The van der Waals surface area contributed by atoms with Gasteiger partial charge >= 0.3 is 0 Å². The molecule has 0 aromatic heterocycles. The number of rotatable bonds is 2. The highest BCUT2D eigenvalue weighted by Gasteiger charge is 2.68. The number of carbonyl (C=O) groups excluding carboxylic acids is 4. The summed E-state index contributed by atoms with van der Waals surface area (Å²) in [5.41, 5.74) is -0.165. The molecule has 8 nitrogen and oxygen atoms in total. The lowest BCUT2D eigenvalue weighted by atomic mass is 9.51. The van der Waals surface area contributed by atoms with E-state index in [9.17, 15) is 33.9 Å². The minimum Gasteiger partial charge on any atom is -0.508 e. The number of nitrogens with zero attached hydrogens (tertiary/aromatic N) is 2. The third-order valence-corrected chi connectivity index (χ3v) is 9.94. The van der Waals surface area contributed by atoms with Crippen molar-refractivity contribution >= 4 is 51.7 Å². The molecule has 3 fully saturated rings. The Kier molecular flexibility index (Phi) is 5.49. The van der Waals surface area contributed by atoms with Gasteiger partial charge in [0.25, 0.3) is 11.8 Å². The fourth-order valence-electron chi connectivity index (χ4n) is 7.76. The number of allylic oxidation sites excluding steroid dienone is 2. The van der Waals surface area contributed by atoms with Crippen molar-refractivity contribution in [1.29, 1.82) is 0 Å². The Labute approximate surface area is 238 Å². The van der Waals surface area contributed by atoms with E-state index in [-0.39, 0.29) is 34.4 Å². The lowest BCUT2D eigenvalue weighted by molar-refractivity contribution is -0.173. The van der Waals surface area contributed by atoms with Crippen LogP contribution in [0.1, 0.15) is 31.2 Å². The van der Waals surface area contributed by atoms with E-state index in [0.29, 0.717) is 16.5 Å². The summed E-state index contributed by atoms with van der Waals surface area (Å²) < 4.78 is 14.0. The maximum Gasteiger partial charge on any atom is 0.257 e. The van der Waals surface area contributed by atoms with Crippen LogP contribution in [-0.2, 0) is 19.2 Å². The first-order valence-electron chi connectivity index (χ1n) is 13.4. The molecule has 3 aromatic rings. The zero-order valence-corrected chi connectivity index (χ0v) is 22.5. The van der Waals surface area contributed by atoms with Crippen LogP contribution in [0.4, 0.5) is 10.1 Å². The minimum absolute atomic E-state index is 0.0708. The van der Waals surface area contributed by atoms with Crippen LogP contribution in [0.2, 0.25) is 5.02 Å². The molecule has 0 radical (unpaired) electrons. The van der Waals surface area contributed by atoms with Gasteiger partial charge in [0, 0.05) is 11.5 Å². The Balaban J connectivity index is 1.48. The van der Waals surface area contributed by atoms with Gasteiger partial charge in [0.15, 0.2) is 0 Å². The molecule has 4 aliphatic rings. The SMILES string of the molecule is CC12C(=O)N(c3ccc(F)c(Cl)c3)C(=O)C1CC1C(=CCC3C(=O)N(O)C(=O)C31)C2c1c(O)ccc2ccccc12. The lowest BCUT2D eigenvalue weighted by Gasteiger charge is -2.49. The molecule has 2 aliphatic heterocycles. The van der Waals surface area contributed by atoms with Gasteiger partial charge in [-0.2, -0.15) is 5.06 Å². The van der Waals surface area contributed by atoms with Gasteiger partial charge < -0.3 is 5.11 Å². The van der Waals surface area contributed by atoms with E-state index in [0.717, 1.165) is 16.4 Å². The molecule has 2 heterocycles. The summed E-state index contributed by atoms with van der Waals surface area (Å²) in [7, 11) is 0. The van der Waals surface area contributed by atoms with Gasteiger partial charge in [0.2, 0.25) is 11.8 Å². The average molecular weight is 575 g/mol. The Morgan fingerprint density at radius 3 is 2.49 bits per heavy atom. The summed E-state index contributed by atoms with van der Waals surface area (Å²) >= 11 is 6.03. The highest BCUT2D eigenvalue weighted by molar-refractivity contribution is 6.31. The summed E-state index contributed by atoms with van der Waals surface area (Å²) in [4.78, 5) is 55.5. The van der Waals surface area contributed by atoms with E-state index >= 15 is 0 Å². The number of hydroxylamine groups is 2. The van der Waals surface area contributed by atoms with Crippen LogP contribution >= 0.6 is 11.6 Å². The largest absolute Gasteiger partial charge is 0.508 e.